The Bertz CT molecular complexity index is 1070. The van der Waals surface area contributed by atoms with Gasteiger partial charge in [-0.25, -0.2) is 4.39 Å². The third kappa shape index (κ3) is 3.92. The number of phenols is 1. The van der Waals surface area contributed by atoms with E-state index in [0.29, 0.717) is 6.07 Å². The maximum Gasteiger partial charge on any atom is 0.417 e. The summed E-state index contributed by atoms with van der Waals surface area (Å²) >= 11 is 0. The van der Waals surface area contributed by atoms with Crippen molar-refractivity contribution in [3.05, 3.63) is 53.4 Å². The van der Waals surface area contributed by atoms with Gasteiger partial charge in [0, 0.05) is 36.2 Å². The first-order valence-corrected chi connectivity index (χ1v) is 9.47. The van der Waals surface area contributed by atoms with Crippen molar-refractivity contribution in [3.8, 4) is 5.75 Å². The molecule has 0 bridgehead atoms. The predicted octanol–water partition coefficient (Wildman–Crippen LogP) is 4.35. The Hall–Kier alpha value is -3.08. The first-order valence-electron chi connectivity index (χ1n) is 9.47. The minimum atomic E-state index is -4.91. The van der Waals surface area contributed by atoms with Gasteiger partial charge in [-0.1, -0.05) is 13.0 Å². The number of carbonyl (C=O) groups excluding carboxylic acids is 2. The van der Waals surface area contributed by atoms with E-state index in [1.807, 2.05) is 0 Å². The van der Waals surface area contributed by atoms with E-state index >= 15 is 0 Å². The summed E-state index contributed by atoms with van der Waals surface area (Å²) in [7, 11) is 0. The summed E-state index contributed by atoms with van der Waals surface area (Å²) in [5.74, 6) is -8.59. The van der Waals surface area contributed by atoms with Crippen LogP contribution in [0, 0.1) is 17.6 Å². The van der Waals surface area contributed by atoms with Crippen molar-refractivity contribution in [2.24, 2.45) is 5.92 Å². The van der Waals surface area contributed by atoms with Gasteiger partial charge in [0.05, 0.1) is 0 Å². The number of amides is 1. The van der Waals surface area contributed by atoms with Crippen molar-refractivity contribution in [1.82, 2.24) is 4.98 Å². The highest BCUT2D eigenvalue weighted by atomic mass is 19.4. The van der Waals surface area contributed by atoms with Crippen molar-refractivity contribution >= 4 is 17.4 Å². The highest BCUT2D eigenvalue weighted by Crippen LogP contribution is 2.54. The molecule has 0 saturated carbocycles. The zero-order valence-electron chi connectivity index (χ0n) is 17.1. The predicted molar refractivity (Wildman–Crippen MR) is 102 cm³/mol. The van der Waals surface area contributed by atoms with Crippen LogP contribution in [-0.4, -0.2) is 39.7 Å². The van der Waals surface area contributed by atoms with Gasteiger partial charge in [0.15, 0.2) is 23.0 Å². The van der Waals surface area contributed by atoms with Crippen molar-refractivity contribution in [2.45, 2.75) is 44.6 Å². The first kappa shape index (κ1) is 23.6. The molecule has 172 valence electrons. The number of Topliss-reactive ketones (excluding diaryl/α,β-unsaturated/α-hetero) is 1. The molecule has 0 radical (unpaired) electrons. The summed E-state index contributed by atoms with van der Waals surface area (Å²) in [6.07, 6.45) is -5.50. The summed E-state index contributed by atoms with van der Waals surface area (Å²) in [6.45, 7) is 3.13. The van der Waals surface area contributed by atoms with Gasteiger partial charge >= 0.3 is 6.18 Å². The number of carbonyl (C=O) groups is 2. The average molecular weight is 458 g/mol. The molecule has 11 heteroatoms. The van der Waals surface area contributed by atoms with E-state index in [2.05, 4.69) is 10.3 Å². The number of ketones is 1. The van der Waals surface area contributed by atoms with Crippen molar-refractivity contribution in [2.75, 3.05) is 5.32 Å². The molecule has 2 heterocycles. The molecule has 1 aromatic carbocycles. The van der Waals surface area contributed by atoms with E-state index in [1.54, 1.807) is 0 Å². The number of benzene rings is 1. The minimum absolute atomic E-state index is 0.0124. The molecule has 0 spiro atoms. The molecule has 32 heavy (non-hydrogen) atoms. The SMILES string of the molecule is CC(=O)c1cc(NC(=O)[C@H]2O[C@](C)(C(F)(F)F)[C@@H](C)[C@@H]2c2ccc(F)c(F)c2O)ccn1. The lowest BCUT2D eigenvalue weighted by Crippen LogP contribution is -2.47. The Morgan fingerprint density at radius 3 is 2.47 bits per heavy atom. The maximum atomic E-state index is 14.0. The highest BCUT2D eigenvalue weighted by molar-refractivity contribution is 5.97. The Kier molecular flexibility index (Phi) is 5.98. The number of ether oxygens (including phenoxy) is 1. The number of hydrogen-bond acceptors (Lipinski definition) is 5. The molecule has 1 aliphatic rings. The summed E-state index contributed by atoms with van der Waals surface area (Å²) in [5, 5.41) is 12.4. The molecular weight excluding hydrogens is 439 g/mol. The minimum Gasteiger partial charge on any atom is -0.505 e. The monoisotopic (exact) mass is 458 g/mol. The van der Waals surface area contributed by atoms with Crippen LogP contribution in [0.3, 0.4) is 0 Å². The lowest BCUT2D eigenvalue weighted by atomic mass is 9.77. The topological polar surface area (TPSA) is 88.5 Å². The molecule has 2 N–H and O–H groups in total. The number of alkyl halides is 3. The normalized spacial score (nSPS) is 25.6. The summed E-state index contributed by atoms with van der Waals surface area (Å²) in [5.41, 5.74) is -3.14. The molecular formula is C21H19F5N2O4. The molecule has 0 unspecified atom stereocenters. The number of anilines is 1. The number of rotatable bonds is 4. The van der Waals surface area contributed by atoms with Crippen LogP contribution in [0.4, 0.5) is 27.6 Å². The van der Waals surface area contributed by atoms with Crippen LogP contribution < -0.4 is 5.32 Å². The fourth-order valence-corrected chi connectivity index (χ4v) is 3.76. The fourth-order valence-electron chi connectivity index (χ4n) is 3.76. The number of pyridine rings is 1. The second-order valence-electron chi connectivity index (χ2n) is 7.73. The smallest absolute Gasteiger partial charge is 0.417 e. The van der Waals surface area contributed by atoms with Gasteiger partial charge in [-0.15, -0.1) is 0 Å². The van der Waals surface area contributed by atoms with Gasteiger partial charge in [-0.05, 0) is 25.1 Å². The lowest BCUT2D eigenvalue weighted by molar-refractivity contribution is -0.272. The molecule has 1 amide bonds. The van der Waals surface area contributed by atoms with Crippen LogP contribution in [0.5, 0.6) is 5.75 Å². The van der Waals surface area contributed by atoms with Gasteiger partial charge in [-0.2, -0.15) is 17.6 Å². The van der Waals surface area contributed by atoms with Gasteiger partial charge in [0.2, 0.25) is 5.82 Å². The number of nitrogens with zero attached hydrogens (tertiary/aromatic N) is 1. The van der Waals surface area contributed by atoms with Crippen LogP contribution in [-0.2, 0) is 9.53 Å². The Balaban J connectivity index is 2.05. The van der Waals surface area contributed by atoms with E-state index in [-0.39, 0.29) is 11.4 Å². The molecule has 2 aromatic rings. The Labute approximate surface area is 179 Å². The molecule has 1 fully saturated rings. The van der Waals surface area contributed by atoms with Crippen LogP contribution in [0.15, 0.2) is 30.5 Å². The van der Waals surface area contributed by atoms with Crippen molar-refractivity contribution in [1.29, 1.82) is 0 Å². The maximum absolute atomic E-state index is 14.0. The van der Waals surface area contributed by atoms with Gasteiger partial charge < -0.3 is 15.2 Å². The largest absolute Gasteiger partial charge is 0.505 e. The number of phenolic OH excluding ortho intramolecular Hbond substituents is 1. The van der Waals surface area contributed by atoms with Crippen LogP contribution in [0.1, 0.15) is 42.7 Å². The zero-order chi connectivity index (χ0) is 24.0. The van der Waals surface area contributed by atoms with E-state index < -0.39 is 64.4 Å². The van der Waals surface area contributed by atoms with Crippen molar-refractivity contribution < 1.29 is 41.4 Å². The van der Waals surface area contributed by atoms with Crippen LogP contribution >= 0.6 is 0 Å². The van der Waals surface area contributed by atoms with Crippen molar-refractivity contribution in [3.63, 3.8) is 0 Å². The average Bonchev–Trinajstić information content (AvgIpc) is 2.99. The number of halogens is 5. The third-order valence-corrected chi connectivity index (χ3v) is 5.77. The lowest BCUT2D eigenvalue weighted by Gasteiger charge is -2.31. The van der Waals surface area contributed by atoms with E-state index in [0.717, 1.165) is 19.9 Å². The quantitative estimate of drug-likeness (QED) is 0.526. The van der Waals surface area contributed by atoms with E-state index in [4.69, 9.17) is 4.74 Å². The summed E-state index contributed by atoms with van der Waals surface area (Å²) < 4.78 is 74.1. The first-order chi connectivity index (χ1) is 14.8. The summed E-state index contributed by atoms with van der Waals surface area (Å²) in [6, 6.07) is 4.11. The number of nitrogens with one attached hydrogen (secondary N) is 1. The molecule has 4 atom stereocenters. The molecule has 6 nitrogen and oxygen atoms in total. The van der Waals surface area contributed by atoms with Gasteiger partial charge in [0.25, 0.3) is 5.91 Å². The molecule has 3 rings (SSSR count). The second kappa shape index (κ2) is 8.12. The van der Waals surface area contributed by atoms with E-state index in [9.17, 15) is 36.6 Å². The third-order valence-electron chi connectivity index (χ3n) is 5.77. The van der Waals surface area contributed by atoms with Crippen LogP contribution in [0.2, 0.25) is 0 Å². The molecule has 1 aliphatic heterocycles. The Morgan fingerprint density at radius 2 is 1.88 bits per heavy atom. The van der Waals surface area contributed by atoms with Crippen LogP contribution in [0.25, 0.3) is 0 Å². The van der Waals surface area contributed by atoms with Gasteiger partial charge in [-0.3, -0.25) is 14.6 Å². The second-order valence-corrected chi connectivity index (χ2v) is 7.73. The van der Waals surface area contributed by atoms with Gasteiger partial charge in [0.1, 0.15) is 11.8 Å². The number of aromatic hydroxyl groups is 1. The fraction of sp³-hybridized carbons (Fsp3) is 0.381. The summed E-state index contributed by atoms with van der Waals surface area (Å²) in [4.78, 5) is 28.3. The van der Waals surface area contributed by atoms with E-state index in [1.165, 1.54) is 25.3 Å². The molecule has 1 saturated heterocycles. The Morgan fingerprint density at radius 1 is 1.22 bits per heavy atom. The highest BCUT2D eigenvalue weighted by Gasteiger charge is 2.65. The standard InChI is InChI=1S/C21H19F5N2O4/c1-9-15(12-4-5-13(22)16(23)17(12)30)18(32-20(9,3)21(24,25)26)19(31)28-11-6-7-27-14(8-11)10(2)29/h4-9,15,18,30H,1-3H3,(H,27,28,31)/t9-,15+,18-,20-/m0/s1. The number of hydrogen-bond donors (Lipinski definition) is 2. The molecule has 0 aliphatic carbocycles. The molecule has 1 aromatic heterocycles. The number of aromatic nitrogens is 1. The zero-order valence-corrected chi connectivity index (χ0v) is 17.1.